The van der Waals surface area contributed by atoms with Crippen molar-refractivity contribution in [3.63, 3.8) is 0 Å². The van der Waals surface area contributed by atoms with Crippen molar-refractivity contribution < 1.29 is 19.2 Å². The van der Waals surface area contributed by atoms with Crippen LogP contribution in [0.15, 0.2) is 0 Å². The molecule has 0 aliphatic rings. The number of hydrogen-bond acceptors (Lipinski definition) is 1. The van der Waals surface area contributed by atoms with Gasteiger partial charge in [-0.1, -0.05) is 0 Å². The zero-order valence-corrected chi connectivity index (χ0v) is 3.09. The summed E-state index contributed by atoms with van der Waals surface area (Å²) in [6.07, 6.45) is 0. The van der Waals surface area contributed by atoms with Crippen molar-refractivity contribution in [2.24, 2.45) is 0 Å². The van der Waals surface area contributed by atoms with E-state index in [1.165, 1.54) is 0 Å². The van der Waals surface area contributed by atoms with E-state index in [1.807, 2.05) is 0 Å². The molecule has 0 aliphatic carbocycles. The Labute approximate surface area is 97.3 Å². The molecule has 0 aliphatic heterocycles. The van der Waals surface area contributed by atoms with Crippen LogP contribution < -0.4 is 0 Å². The summed E-state index contributed by atoms with van der Waals surface area (Å²) in [6, 6.07) is 0. The molecule has 0 unspecified atom stereocenters. The third kappa shape index (κ3) is 77.4. The van der Waals surface area contributed by atoms with Crippen LogP contribution in [0.5, 0.6) is 0 Å². The topological polar surface area (TPSA) is 77.8 Å². The molecule has 0 fully saturated rings. The number of phosphoric acid groups is 1. The summed E-state index contributed by atoms with van der Waals surface area (Å²) in [5.41, 5.74) is 0. The quantitative estimate of drug-likeness (QED) is 0.256. The van der Waals surface area contributed by atoms with Crippen LogP contribution in [0.2, 0.25) is 0 Å². The Morgan fingerprint density at radius 2 is 1.12 bits per heavy atom. The van der Waals surface area contributed by atoms with E-state index >= 15 is 0 Å². The van der Waals surface area contributed by atoms with Crippen LogP contribution in [0, 0.1) is 0 Å². The zero-order valence-electron chi connectivity index (χ0n) is 2.20. The van der Waals surface area contributed by atoms with Gasteiger partial charge in [-0.25, -0.2) is 4.57 Å². The van der Waals surface area contributed by atoms with E-state index in [4.69, 9.17) is 19.2 Å². The molecule has 0 heterocycles. The maximum absolute atomic E-state index is 8.88. The summed E-state index contributed by atoms with van der Waals surface area (Å²) in [5, 5.41) is 0. The molecule has 40 valence electrons. The summed E-state index contributed by atoms with van der Waals surface area (Å²) in [4.78, 5) is 21.6. The standard InChI is InChI=1S/Li.Mg.Na.H3O4P.4H/c;;;1-5(2,3)4;;;;/h;;;(H3,1,2,3,4);;;;. The van der Waals surface area contributed by atoms with Crippen LogP contribution in [0.3, 0.4) is 0 Å². The molecule has 0 aromatic carbocycles. The third-order valence-corrected chi connectivity index (χ3v) is 0. The van der Waals surface area contributed by atoms with Crippen molar-refractivity contribution in [2.45, 2.75) is 0 Å². The molecule has 0 amide bonds. The van der Waals surface area contributed by atoms with Gasteiger partial charge in [0.05, 0.1) is 0 Å². The Kier molecular flexibility index (Phi) is 26.6. The van der Waals surface area contributed by atoms with E-state index in [9.17, 15) is 0 Å². The average Bonchev–Trinajstić information content (AvgIpc) is 0.722. The predicted octanol–water partition coefficient (Wildman–Crippen LogP) is -3.14. The van der Waals surface area contributed by atoms with Crippen molar-refractivity contribution >= 4 is 79.3 Å². The SMILES string of the molecule is O=P(O)(O)O.[LiH].[MgH2].[NaH]. The van der Waals surface area contributed by atoms with E-state index in [2.05, 4.69) is 0 Å². The van der Waals surface area contributed by atoms with E-state index < -0.39 is 7.82 Å². The van der Waals surface area contributed by atoms with E-state index in [0.29, 0.717) is 0 Å². The summed E-state index contributed by atoms with van der Waals surface area (Å²) < 4.78 is 8.88. The molecule has 0 saturated carbocycles. The molecule has 0 bridgehead atoms. The van der Waals surface area contributed by atoms with Crippen LogP contribution >= 0.6 is 7.82 Å². The van der Waals surface area contributed by atoms with Crippen molar-refractivity contribution in [1.29, 1.82) is 0 Å². The Morgan fingerprint density at radius 3 is 1.12 bits per heavy atom. The molecule has 8 heteroatoms. The van der Waals surface area contributed by atoms with Gasteiger partial charge in [0.15, 0.2) is 0 Å². The van der Waals surface area contributed by atoms with Gasteiger partial charge < -0.3 is 14.7 Å². The number of rotatable bonds is 0. The van der Waals surface area contributed by atoms with Crippen LogP contribution in [-0.4, -0.2) is 86.2 Å². The monoisotopic (exact) mass is 156 g/mol. The second-order valence-corrected chi connectivity index (χ2v) is 1.54. The normalized spacial score (nSPS) is 7.38. The molecule has 0 spiro atoms. The van der Waals surface area contributed by atoms with Gasteiger partial charge in [-0.15, -0.1) is 0 Å². The molecular formula is H7LiMgNaO4P. The fourth-order valence-corrected chi connectivity index (χ4v) is 0. The zero-order chi connectivity index (χ0) is 4.50. The molecule has 4 nitrogen and oxygen atoms in total. The van der Waals surface area contributed by atoms with Crippen LogP contribution in [0.25, 0.3) is 0 Å². The molecule has 0 aromatic rings. The fourth-order valence-electron chi connectivity index (χ4n) is 0. The molecular weight excluding hydrogens is 149 g/mol. The first-order valence-corrected chi connectivity index (χ1v) is 2.35. The Balaban J connectivity index is -0.0000000267. The van der Waals surface area contributed by atoms with Gasteiger partial charge in [-0.3, -0.25) is 0 Å². The minimum atomic E-state index is -4.64. The Bertz CT molecular complexity index is 62.2. The van der Waals surface area contributed by atoms with Gasteiger partial charge in [-0.2, -0.15) is 0 Å². The first-order valence-electron chi connectivity index (χ1n) is 0.783. The summed E-state index contributed by atoms with van der Waals surface area (Å²) >= 11 is 0. The molecule has 0 atom stereocenters. The van der Waals surface area contributed by atoms with Gasteiger partial charge in [0.1, 0.15) is 0 Å². The maximum atomic E-state index is 8.88. The minimum absolute atomic E-state index is 0. The fraction of sp³-hybridized carbons (Fsp3) is 0. The Hall–Kier alpha value is 2.47. The molecule has 0 rings (SSSR count). The molecule has 0 radical (unpaired) electrons. The summed E-state index contributed by atoms with van der Waals surface area (Å²) in [7, 11) is -4.64. The first kappa shape index (κ1) is 22.4. The van der Waals surface area contributed by atoms with Crippen LogP contribution in [-0.2, 0) is 4.57 Å². The predicted molar refractivity (Wildman–Crippen MR) is 37.1 cm³/mol. The molecule has 0 saturated heterocycles. The van der Waals surface area contributed by atoms with Gasteiger partial charge in [-0.05, 0) is 0 Å². The van der Waals surface area contributed by atoms with Gasteiger partial charge in [0.25, 0.3) is 0 Å². The second kappa shape index (κ2) is 9.47. The van der Waals surface area contributed by atoms with Gasteiger partial charge in [0.2, 0.25) is 0 Å². The third-order valence-electron chi connectivity index (χ3n) is 0. The van der Waals surface area contributed by atoms with Gasteiger partial charge >= 0.3 is 79.3 Å². The molecule has 3 N–H and O–H groups in total. The van der Waals surface area contributed by atoms with E-state index in [1.54, 1.807) is 0 Å². The molecule has 0 aromatic heterocycles. The first-order chi connectivity index (χ1) is 2.00. The summed E-state index contributed by atoms with van der Waals surface area (Å²) in [5.74, 6) is 0. The van der Waals surface area contributed by atoms with Gasteiger partial charge in [0, 0.05) is 0 Å². The molecule has 8 heavy (non-hydrogen) atoms. The van der Waals surface area contributed by atoms with E-state index in [-0.39, 0.29) is 71.5 Å². The van der Waals surface area contributed by atoms with Crippen LogP contribution in [0.4, 0.5) is 0 Å². The Morgan fingerprint density at radius 1 is 1.12 bits per heavy atom. The number of hydrogen-bond donors (Lipinski definition) is 3. The van der Waals surface area contributed by atoms with Crippen molar-refractivity contribution in [3.8, 4) is 0 Å². The second-order valence-electron chi connectivity index (χ2n) is 0.513. The summed E-state index contributed by atoms with van der Waals surface area (Å²) in [6.45, 7) is 0. The average molecular weight is 156 g/mol. The van der Waals surface area contributed by atoms with Crippen LogP contribution in [0.1, 0.15) is 0 Å². The van der Waals surface area contributed by atoms with Crippen molar-refractivity contribution in [3.05, 3.63) is 0 Å². The van der Waals surface area contributed by atoms with Crippen molar-refractivity contribution in [2.75, 3.05) is 0 Å². The van der Waals surface area contributed by atoms with E-state index in [0.717, 1.165) is 0 Å². The van der Waals surface area contributed by atoms with Crippen molar-refractivity contribution in [1.82, 2.24) is 0 Å².